The highest BCUT2D eigenvalue weighted by molar-refractivity contribution is 5.70. The van der Waals surface area contributed by atoms with Gasteiger partial charge in [0.15, 0.2) is 0 Å². The van der Waals surface area contributed by atoms with Crippen LogP contribution >= 0.6 is 0 Å². The number of unbranched alkanes of at least 4 members (excludes halogenated alkanes) is 1. The van der Waals surface area contributed by atoms with Crippen molar-refractivity contribution in [2.75, 3.05) is 6.54 Å². The van der Waals surface area contributed by atoms with Crippen LogP contribution in [0.25, 0.3) is 0 Å². The molecule has 0 fully saturated rings. The molecule has 3 N–H and O–H groups in total. The molecule has 1 aromatic heterocycles. The van der Waals surface area contributed by atoms with Crippen LogP contribution in [0.3, 0.4) is 0 Å². The molecule has 0 bridgehead atoms. The lowest BCUT2D eigenvalue weighted by atomic mass is 9.96. The third-order valence-corrected chi connectivity index (χ3v) is 2.85. The average molecular weight is 239 g/mol. The van der Waals surface area contributed by atoms with Gasteiger partial charge in [0.1, 0.15) is 0 Å². The summed E-state index contributed by atoms with van der Waals surface area (Å²) in [6.07, 6.45) is 6.67. The van der Waals surface area contributed by atoms with E-state index in [2.05, 4.69) is 5.10 Å². The number of aryl methyl sites for hydroxylation is 1. The number of aliphatic carboxylic acids is 1. The summed E-state index contributed by atoms with van der Waals surface area (Å²) >= 11 is 0. The first-order valence-electron chi connectivity index (χ1n) is 6.11. The summed E-state index contributed by atoms with van der Waals surface area (Å²) in [5, 5.41) is 13.3. The summed E-state index contributed by atoms with van der Waals surface area (Å²) in [5.74, 6) is -1.05. The van der Waals surface area contributed by atoms with Gasteiger partial charge in [-0.25, -0.2) is 0 Å². The van der Waals surface area contributed by atoms with Crippen LogP contribution in [0.4, 0.5) is 0 Å². The van der Waals surface area contributed by atoms with Gasteiger partial charge in [-0.05, 0) is 38.3 Å². The molecule has 17 heavy (non-hydrogen) atoms. The van der Waals surface area contributed by atoms with Gasteiger partial charge >= 0.3 is 5.97 Å². The molecule has 5 nitrogen and oxygen atoms in total. The van der Waals surface area contributed by atoms with Gasteiger partial charge in [-0.15, -0.1) is 0 Å². The van der Waals surface area contributed by atoms with Gasteiger partial charge in [-0.2, -0.15) is 5.10 Å². The van der Waals surface area contributed by atoms with Crippen molar-refractivity contribution in [2.24, 2.45) is 11.7 Å². The van der Waals surface area contributed by atoms with Crippen LogP contribution in [0.15, 0.2) is 12.4 Å². The second kappa shape index (κ2) is 7.06. The molecule has 0 radical (unpaired) electrons. The molecule has 0 aliphatic carbocycles. The lowest BCUT2D eigenvalue weighted by Crippen LogP contribution is -2.16. The van der Waals surface area contributed by atoms with E-state index >= 15 is 0 Å². The number of hydrogen-bond acceptors (Lipinski definition) is 3. The molecule has 1 heterocycles. The van der Waals surface area contributed by atoms with Crippen molar-refractivity contribution in [3.05, 3.63) is 18.0 Å². The smallest absolute Gasteiger partial charge is 0.306 e. The molecule has 1 unspecified atom stereocenters. The Labute approximate surface area is 102 Å². The number of aromatic nitrogens is 2. The van der Waals surface area contributed by atoms with E-state index < -0.39 is 5.97 Å². The second-order valence-electron chi connectivity index (χ2n) is 4.23. The first kappa shape index (κ1) is 13.7. The predicted octanol–water partition coefficient (Wildman–Crippen LogP) is 1.28. The molecular weight excluding hydrogens is 218 g/mol. The number of carboxylic acids is 1. The number of carbonyl (C=O) groups is 1. The Morgan fingerprint density at radius 2 is 2.35 bits per heavy atom. The molecule has 0 spiro atoms. The van der Waals surface area contributed by atoms with Crippen LogP contribution in [0.2, 0.25) is 0 Å². The van der Waals surface area contributed by atoms with Crippen molar-refractivity contribution >= 4 is 5.97 Å². The van der Waals surface area contributed by atoms with E-state index in [9.17, 15) is 4.79 Å². The molecule has 0 saturated carbocycles. The lowest BCUT2D eigenvalue weighted by Gasteiger charge is -2.10. The molecule has 1 rings (SSSR count). The average Bonchev–Trinajstić information content (AvgIpc) is 2.75. The Hall–Kier alpha value is -1.36. The molecular formula is C12H21N3O2. The maximum atomic E-state index is 11.1. The molecule has 0 amide bonds. The fraction of sp³-hybridized carbons (Fsp3) is 0.667. The normalized spacial score (nSPS) is 12.6. The molecule has 1 aromatic rings. The van der Waals surface area contributed by atoms with Gasteiger partial charge < -0.3 is 10.8 Å². The summed E-state index contributed by atoms with van der Waals surface area (Å²) in [6.45, 7) is 3.44. The third kappa shape index (κ3) is 4.56. The largest absolute Gasteiger partial charge is 0.481 e. The number of nitrogens with two attached hydrogens (primary N) is 1. The maximum absolute atomic E-state index is 11.1. The third-order valence-electron chi connectivity index (χ3n) is 2.85. The van der Waals surface area contributed by atoms with E-state index in [1.54, 1.807) is 6.20 Å². The Balaban J connectivity index is 2.50. The Morgan fingerprint density at radius 1 is 1.59 bits per heavy atom. The van der Waals surface area contributed by atoms with E-state index in [4.69, 9.17) is 10.8 Å². The van der Waals surface area contributed by atoms with Crippen molar-refractivity contribution in [2.45, 2.75) is 39.2 Å². The van der Waals surface area contributed by atoms with Crippen molar-refractivity contribution in [1.29, 1.82) is 0 Å². The maximum Gasteiger partial charge on any atom is 0.306 e. The van der Waals surface area contributed by atoms with Crippen molar-refractivity contribution in [3.8, 4) is 0 Å². The number of nitrogens with zero attached hydrogens (tertiary/aromatic N) is 2. The molecule has 0 aliphatic rings. The van der Waals surface area contributed by atoms with Crippen molar-refractivity contribution in [1.82, 2.24) is 9.78 Å². The topological polar surface area (TPSA) is 81.1 Å². The standard InChI is InChI=1S/C12H21N3O2/c1-2-15-9-10(8-14-15)7-11(12(16)17)5-3-4-6-13/h8-9,11H,2-7,13H2,1H3,(H,16,17). The first-order valence-corrected chi connectivity index (χ1v) is 6.11. The minimum atomic E-state index is -0.730. The molecule has 0 saturated heterocycles. The number of carboxylic acid groups (broad SMARTS) is 1. The van der Waals surface area contributed by atoms with Gasteiger partial charge in [0.2, 0.25) is 0 Å². The monoisotopic (exact) mass is 239 g/mol. The van der Waals surface area contributed by atoms with Gasteiger partial charge in [0.25, 0.3) is 0 Å². The van der Waals surface area contributed by atoms with Gasteiger partial charge in [0.05, 0.1) is 12.1 Å². The summed E-state index contributed by atoms with van der Waals surface area (Å²) in [7, 11) is 0. The van der Waals surface area contributed by atoms with Gasteiger partial charge in [-0.3, -0.25) is 9.48 Å². The van der Waals surface area contributed by atoms with Crippen molar-refractivity contribution < 1.29 is 9.90 Å². The summed E-state index contributed by atoms with van der Waals surface area (Å²) in [4.78, 5) is 11.1. The molecule has 1 atom stereocenters. The van der Waals surface area contributed by atoms with E-state index in [1.165, 1.54) is 0 Å². The quantitative estimate of drug-likeness (QED) is 0.669. The van der Waals surface area contributed by atoms with Gasteiger partial charge in [-0.1, -0.05) is 6.42 Å². The predicted molar refractivity (Wildman–Crippen MR) is 65.6 cm³/mol. The molecule has 0 aromatic carbocycles. The van der Waals surface area contributed by atoms with Crippen molar-refractivity contribution in [3.63, 3.8) is 0 Å². The van der Waals surface area contributed by atoms with Crippen LogP contribution < -0.4 is 5.73 Å². The highest BCUT2D eigenvalue weighted by Gasteiger charge is 2.18. The molecule has 5 heteroatoms. The second-order valence-corrected chi connectivity index (χ2v) is 4.23. The lowest BCUT2D eigenvalue weighted by molar-refractivity contribution is -0.142. The zero-order chi connectivity index (χ0) is 12.7. The van der Waals surface area contributed by atoms with Gasteiger partial charge in [0, 0.05) is 12.7 Å². The minimum absolute atomic E-state index is 0.323. The summed E-state index contributed by atoms with van der Waals surface area (Å²) in [5.41, 5.74) is 6.40. The van der Waals surface area contributed by atoms with Crippen LogP contribution in [0, 0.1) is 5.92 Å². The Bertz CT molecular complexity index is 349. The van der Waals surface area contributed by atoms with E-state index in [0.717, 1.165) is 24.9 Å². The minimum Gasteiger partial charge on any atom is -0.481 e. The Kier molecular flexibility index (Phi) is 5.69. The SMILES string of the molecule is CCn1cc(CC(CCCCN)C(=O)O)cn1. The fourth-order valence-electron chi connectivity index (χ4n) is 1.82. The zero-order valence-corrected chi connectivity index (χ0v) is 10.3. The molecule has 96 valence electrons. The zero-order valence-electron chi connectivity index (χ0n) is 10.3. The van der Waals surface area contributed by atoms with Crippen LogP contribution in [0.5, 0.6) is 0 Å². The first-order chi connectivity index (χ1) is 8.17. The number of rotatable bonds is 8. The van der Waals surface area contributed by atoms with Crippen LogP contribution in [-0.2, 0) is 17.8 Å². The van der Waals surface area contributed by atoms with Crippen LogP contribution in [-0.4, -0.2) is 27.4 Å². The fourth-order valence-corrected chi connectivity index (χ4v) is 1.82. The summed E-state index contributed by atoms with van der Waals surface area (Å²) in [6, 6.07) is 0. The highest BCUT2D eigenvalue weighted by Crippen LogP contribution is 2.15. The summed E-state index contributed by atoms with van der Waals surface area (Å²) < 4.78 is 1.81. The van der Waals surface area contributed by atoms with E-state index in [0.29, 0.717) is 19.4 Å². The Morgan fingerprint density at radius 3 is 2.88 bits per heavy atom. The highest BCUT2D eigenvalue weighted by atomic mass is 16.4. The molecule has 0 aliphatic heterocycles. The van der Waals surface area contributed by atoms with E-state index in [1.807, 2.05) is 17.8 Å². The number of hydrogen-bond donors (Lipinski definition) is 2. The van der Waals surface area contributed by atoms with Crippen LogP contribution in [0.1, 0.15) is 31.7 Å². The van der Waals surface area contributed by atoms with E-state index in [-0.39, 0.29) is 5.92 Å².